The summed E-state index contributed by atoms with van der Waals surface area (Å²) in [5, 5.41) is 4.88. The molecule has 1 heterocycles. The molecule has 4 rings (SSSR count). The highest BCUT2D eigenvalue weighted by atomic mass is 35.5. The molecule has 0 N–H and O–H groups in total. The van der Waals surface area contributed by atoms with Gasteiger partial charge in [-0.05, 0) is 36.6 Å². The highest BCUT2D eigenvalue weighted by molar-refractivity contribution is 6.30. The van der Waals surface area contributed by atoms with Gasteiger partial charge in [0, 0.05) is 29.5 Å². The van der Waals surface area contributed by atoms with Crippen LogP contribution in [0.25, 0.3) is 0 Å². The lowest BCUT2D eigenvalue weighted by atomic mass is 10.0. The van der Waals surface area contributed by atoms with Crippen LogP contribution in [0.3, 0.4) is 0 Å². The van der Waals surface area contributed by atoms with Crippen molar-refractivity contribution in [2.24, 2.45) is 11.1 Å². The Morgan fingerprint density at radius 1 is 1.14 bits per heavy atom. The smallest absolute Gasteiger partial charge is 0.226 e. The van der Waals surface area contributed by atoms with Gasteiger partial charge in [0.25, 0.3) is 0 Å². The van der Waals surface area contributed by atoms with E-state index in [1.54, 1.807) is 23.1 Å². The lowest BCUT2D eigenvalue weighted by Gasteiger charge is -2.27. The fraction of sp³-hybridized carbons (Fsp3) is 0.391. The van der Waals surface area contributed by atoms with E-state index in [2.05, 4.69) is 5.16 Å². The number of halogens is 2. The number of oxime groups is 1. The third-order valence-electron chi connectivity index (χ3n) is 5.67. The molecule has 29 heavy (non-hydrogen) atoms. The highest BCUT2D eigenvalue weighted by Crippen LogP contribution is 2.28. The summed E-state index contributed by atoms with van der Waals surface area (Å²) in [6.45, 7) is 0.641. The van der Waals surface area contributed by atoms with Gasteiger partial charge in [-0.3, -0.25) is 4.79 Å². The normalized spacial score (nSPS) is 19.1. The van der Waals surface area contributed by atoms with Crippen LogP contribution in [0.15, 0.2) is 53.7 Å². The van der Waals surface area contributed by atoms with E-state index in [0.29, 0.717) is 23.6 Å². The summed E-state index contributed by atoms with van der Waals surface area (Å²) in [6.07, 6.45) is 4.34. The van der Waals surface area contributed by atoms with E-state index in [0.717, 1.165) is 37.0 Å². The quantitative estimate of drug-likeness (QED) is 0.652. The minimum absolute atomic E-state index is 0.0276. The second-order valence-corrected chi connectivity index (χ2v) is 8.20. The Hall–Kier alpha value is -2.40. The van der Waals surface area contributed by atoms with Gasteiger partial charge < -0.3 is 9.74 Å². The summed E-state index contributed by atoms with van der Waals surface area (Å²) in [4.78, 5) is 20.5. The number of amides is 1. The van der Waals surface area contributed by atoms with Gasteiger partial charge in [-0.1, -0.05) is 59.9 Å². The van der Waals surface area contributed by atoms with Crippen molar-refractivity contribution < 1.29 is 14.0 Å². The van der Waals surface area contributed by atoms with E-state index in [1.807, 2.05) is 24.3 Å². The summed E-state index contributed by atoms with van der Waals surface area (Å²) >= 11 is 5.96. The van der Waals surface area contributed by atoms with Crippen molar-refractivity contribution in [1.82, 2.24) is 4.90 Å². The molecule has 152 valence electrons. The standard InChI is InChI=1S/C23H24ClFN2O2/c24-19-11-9-16(10-12-19)22-13-20(29-26-22)15-27(23(28)17-5-1-2-6-17)14-18-7-3-4-8-21(18)25/h3-4,7-12,17,20H,1-2,5-6,13-15H2. The number of nitrogens with zero attached hydrogens (tertiary/aromatic N) is 2. The molecule has 2 aromatic carbocycles. The van der Waals surface area contributed by atoms with Crippen molar-refractivity contribution in [1.29, 1.82) is 0 Å². The Morgan fingerprint density at radius 2 is 1.86 bits per heavy atom. The summed E-state index contributed by atoms with van der Waals surface area (Å²) in [7, 11) is 0. The van der Waals surface area contributed by atoms with Crippen LogP contribution in [0.1, 0.15) is 43.2 Å². The van der Waals surface area contributed by atoms with Crippen LogP contribution in [-0.4, -0.2) is 29.2 Å². The monoisotopic (exact) mass is 414 g/mol. The predicted octanol–water partition coefficient (Wildman–Crippen LogP) is 5.19. The van der Waals surface area contributed by atoms with Crippen LogP contribution in [0.4, 0.5) is 4.39 Å². The number of hydrogen-bond donors (Lipinski definition) is 0. The molecular weight excluding hydrogens is 391 g/mol. The molecule has 1 aliphatic carbocycles. The first kappa shape index (κ1) is 19.9. The van der Waals surface area contributed by atoms with Crippen LogP contribution < -0.4 is 0 Å². The number of carbonyl (C=O) groups is 1. The maximum Gasteiger partial charge on any atom is 0.226 e. The Bertz CT molecular complexity index is 894. The van der Waals surface area contributed by atoms with Crippen LogP contribution in [0.5, 0.6) is 0 Å². The van der Waals surface area contributed by atoms with Gasteiger partial charge >= 0.3 is 0 Å². The molecule has 1 saturated carbocycles. The van der Waals surface area contributed by atoms with Gasteiger partial charge in [-0.25, -0.2) is 4.39 Å². The fourth-order valence-electron chi connectivity index (χ4n) is 4.08. The molecule has 2 aromatic rings. The lowest BCUT2D eigenvalue weighted by Crippen LogP contribution is -2.40. The van der Waals surface area contributed by atoms with Crippen LogP contribution >= 0.6 is 11.6 Å². The third kappa shape index (κ3) is 4.78. The lowest BCUT2D eigenvalue weighted by molar-refractivity contribution is -0.137. The number of rotatable bonds is 6. The molecule has 1 unspecified atom stereocenters. The molecule has 1 aliphatic heterocycles. The molecular formula is C23H24ClFN2O2. The van der Waals surface area contributed by atoms with Crippen LogP contribution in [-0.2, 0) is 16.2 Å². The predicted molar refractivity (Wildman–Crippen MR) is 111 cm³/mol. The number of benzene rings is 2. The average molecular weight is 415 g/mol. The van der Waals surface area contributed by atoms with Gasteiger partial charge in [0.05, 0.1) is 12.3 Å². The van der Waals surface area contributed by atoms with Crippen molar-refractivity contribution in [2.75, 3.05) is 6.54 Å². The summed E-state index contributed by atoms with van der Waals surface area (Å²) in [5.74, 6) is -0.170. The molecule has 1 amide bonds. The van der Waals surface area contributed by atoms with E-state index < -0.39 is 0 Å². The zero-order valence-corrected chi connectivity index (χ0v) is 16.9. The summed E-state index contributed by atoms with van der Waals surface area (Å²) in [5.41, 5.74) is 2.32. The first-order chi connectivity index (χ1) is 14.1. The summed E-state index contributed by atoms with van der Waals surface area (Å²) in [6, 6.07) is 14.1. The van der Waals surface area contributed by atoms with Gasteiger partial charge in [-0.15, -0.1) is 0 Å². The second-order valence-electron chi connectivity index (χ2n) is 7.77. The summed E-state index contributed by atoms with van der Waals surface area (Å²) < 4.78 is 14.2. The SMILES string of the molecule is O=C(C1CCCC1)N(Cc1ccccc1F)CC1CC(c2ccc(Cl)cc2)=NO1. The molecule has 0 saturated heterocycles. The van der Waals surface area contributed by atoms with E-state index in [-0.39, 0.29) is 30.3 Å². The van der Waals surface area contributed by atoms with Crippen LogP contribution in [0.2, 0.25) is 5.02 Å². The van der Waals surface area contributed by atoms with Crippen molar-refractivity contribution in [3.8, 4) is 0 Å². The molecule has 0 radical (unpaired) electrons. The maximum atomic E-state index is 14.2. The fourth-order valence-corrected chi connectivity index (χ4v) is 4.21. The molecule has 1 atom stereocenters. The van der Waals surface area contributed by atoms with Crippen LogP contribution in [0, 0.1) is 11.7 Å². The van der Waals surface area contributed by atoms with Gasteiger partial charge in [0.2, 0.25) is 5.91 Å². The largest absolute Gasteiger partial charge is 0.390 e. The van der Waals surface area contributed by atoms with Gasteiger partial charge in [0.1, 0.15) is 5.82 Å². The minimum atomic E-state index is -0.290. The molecule has 0 spiro atoms. The Balaban J connectivity index is 1.46. The molecule has 2 aliphatic rings. The minimum Gasteiger partial charge on any atom is -0.390 e. The third-order valence-corrected chi connectivity index (χ3v) is 5.92. The first-order valence-corrected chi connectivity index (χ1v) is 10.5. The zero-order valence-electron chi connectivity index (χ0n) is 16.2. The maximum absolute atomic E-state index is 14.2. The van der Waals surface area contributed by atoms with Crippen molar-refractivity contribution in [2.45, 2.75) is 44.8 Å². The second kappa shape index (κ2) is 8.95. The molecule has 1 fully saturated rings. The van der Waals surface area contributed by atoms with Gasteiger partial charge in [-0.2, -0.15) is 0 Å². The zero-order chi connectivity index (χ0) is 20.2. The van der Waals surface area contributed by atoms with E-state index in [4.69, 9.17) is 16.4 Å². The van der Waals surface area contributed by atoms with Gasteiger partial charge in [0.15, 0.2) is 6.10 Å². The number of carbonyl (C=O) groups excluding carboxylic acids is 1. The average Bonchev–Trinajstić information content (AvgIpc) is 3.41. The Labute approximate surface area is 175 Å². The molecule has 0 bridgehead atoms. The first-order valence-electron chi connectivity index (χ1n) is 10.1. The van der Waals surface area contributed by atoms with Crippen molar-refractivity contribution in [3.05, 3.63) is 70.5 Å². The van der Waals surface area contributed by atoms with E-state index in [1.165, 1.54) is 6.07 Å². The molecule has 4 nitrogen and oxygen atoms in total. The van der Waals surface area contributed by atoms with Crippen molar-refractivity contribution in [3.63, 3.8) is 0 Å². The molecule has 6 heteroatoms. The van der Waals surface area contributed by atoms with E-state index >= 15 is 0 Å². The highest BCUT2D eigenvalue weighted by Gasteiger charge is 2.32. The number of hydrogen-bond acceptors (Lipinski definition) is 3. The van der Waals surface area contributed by atoms with Crippen molar-refractivity contribution >= 4 is 23.2 Å². The van der Waals surface area contributed by atoms with E-state index in [9.17, 15) is 9.18 Å². The topological polar surface area (TPSA) is 41.9 Å². The Kier molecular flexibility index (Phi) is 6.14. The molecule has 0 aromatic heterocycles. The Morgan fingerprint density at radius 3 is 2.59 bits per heavy atom.